The van der Waals surface area contributed by atoms with Gasteiger partial charge >= 0.3 is 12.1 Å². The van der Waals surface area contributed by atoms with E-state index in [4.69, 9.17) is 10.8 Å². The van der Waals surface area contributed by atoms with Crippen molar-refractivity contribution < 1.29 is 14.0 Å². The average Bonchev–Trinajstić information content (AvgIpc) is 3.41. The normalized spacial score (nSPS) is 13.0. The van der Waals surface area contributed by atoms with Gasteiger partial charge in [0.15, 0.2) is 0 Å². The molecule has 0 saturated carbocycles. The van der Waals surface area contributed by atoms with Crippen LogP contribution < -0.4 is 26.6 Å². The van der Waals surface area contributed by atoms with Gasteiger partial charge in [0, 0.05) is 40.5 Å². The minimum Gasteiger partial charge on any atom is -0.324 e. The predicted octanol–water partition coefficient (Wildman–Crippen LogP) is 5.30. The quantitative estimate of drug-likeness (QED) is 0.220. The molecule has 4 amide bonds. The van der Waals surface area contributed by atoms with Crippen molar-refractivity contribution in [3.8, 4) is 5.69 Å². The van der Waals surface area contributed by atoms with Crippen LogP contribution in [0.2, 0.25) is 0 Å². The number of urea groups is 2. The summed E-state index contributed by atoms with van der Waals surface area (Å²) in [7, 11) is 0. The smallest absolute Gasteiger partial charge is 0.324 e. The molecule has 4 heterocycles. The van der Waals surface area contributed by atoms with Crippen molar-refractivity contribution in [3.05, 3.63) is 89.9 Å². The number of fused-ring (bicyclic) bond motifs is 2. The summed E-state index contributed by atoms with van der Waals surface area (Å²) in [6, 6.07) is 14.1. The molecule has 0 atom stereocenters. The predicted molar refractivity (Wildman–Crippen MR) is 162 cm³/mol. The van der Waals surface area contributed by atoms with Gasteiger partial charge in [-0.3, -0.25) is 20.5 Å². The van der Waals surface area contributed by atoms with Gasteiger partial charge in [-0.15, -0.1) is 0 Å². The highest BCUT2D eigenvalue weighted by molar-refractivity contribution is 6.04. The van der Waals surface area contributed by atoms with Gasteiger partial charge in [-0.1, -0.05) is 26.8 Å². The van der Waals surface area contributed by atoms with Crippen molar-refractivity contribution in [2.24, 2.45) is 5.73 Å². The fraction of sp³-hybridized carbons (Fsp3) is 0.200. The maximum Gasteiger partial charge on any atom is 0.327 e. The number of aromatic nitrogens is 5. The van der Waals surface area contributed by atoms with Crippen molar-refractivity contribution in [2.75, 3.05) is 20.9 Å². The van der Waals surface area contributed by atoms with Crippen molar-refractivity contribution >= 4 is 46.0 Å². The van der Waals surface area contributed by atoms with Gasteiger partial charge < -0.3 is 11.1 Å². The molecule has 1 aliphatic rings. The van der Waals surface area contributed by atoms with Gasteiger partial charge in [0.1, 0.15) is 23.3 Å². The lowest BCUT2D eigenvalue weighted by Gasteiger charge is -2.29. The first-order valence-corrected chi connectivity index (χ1v) is 13.6. The summed E-state index contributed by atoms with van der Waals surface area (Å²) in [6.45, 7) is 6.35. The van der Waals surface area contributed by atoms with Crippen LogP contribution in [-0.2, 0) is 18.5 Å². The maximum atomic E-state index is 14.9. The van der Waals surface area contributed by atoms with E-state index in [1.54, 1.807) is 23.1 Å². The Kier molecular flexibility index (Phi) is 6.94. The molecule has 0 bridgehead atoms. The van der Waals surface area contributed by atoms with Crippen LogP contribution in [0.4, 0.5) is 37.0 Å². The van der Waals surface area contributed by atoms with Crippen LogP contribution in [-0.4, -0.2) is 36.8 Å². The van der Waals surface area contributed by atoms with E-state index >= 15 is 0 Å². The van der Waals surface area contributed by atoms with Crippen LogP contribution in [0.3, 0.4) is 0 Å². The van der Waals surface area contributed by atoms with Gasteiger partial charge in [-0.05, 0) is 42.5 Å². The van der Waals surface area contributed by atoms with E-state index in [-0.39, 0.29) is 24.2 Å². The highest BCUT2D eigenvalue weighted by Crippen LogP contribution is 2.30. The van der Waals surface area contributed by atoms with Gasteiger partial charge in [-0.2, -0.15) is 5.10 Å². The van der Waals surface area contributed by atoms with Crippen molar-refractivity contribution in [3.63, 3.8) is 0 Å². The number of amides is 4. The number of halogens is 1. The zero-order valence-electron chi connectivity index (χ0n) is 23.7. The Morgan fingerprint density at radius 1 is 1.07 bits per heavy atom. The summed E-state index contributed by atoms with van der Waals surface area (Å²) in [5, 5.41) is 13.8. The summed E-state index contributed by atoms with van der Waals surface area (Å²) in [5.74, 6) is 0.510. The number of nitrogens with two attached hydrogens (primary N) is 1. The first kappa shape index (κ1) is 27.7. The molecule has 6 rings (SSSR count). The molecule has 2 aromatic carbocycles. The summed E-state index contributed by atoms with van der Waals surface area (Å²) in [4.78, 5) is 40.3. The Morgan fingerprint density at radius 2 is 1.88 bits per heavy atom. The number of pyridine rings is 1. The lowest BCUT2D eigenvalue weighted by Crippen LogP contribution is -2.39. The first-order valence-electron chi connectivity index (χ1n) is 13.6. The first-order chi connectivity index (χ1) is 20.6. The van der Waals surface area contributed by atoms with Gasteiger partial charge in [0.05, 0.1) is 35.7 Å². The number of carbonyl (C=O) groups is 2. The molecule has 0 radical (unpaired) electrons. The Morgan fingerprint density at radius 3 is 2.67 bits per heavy atom. The summed E-state index contributed by atoms with van der Waals surface area (Å²) < 4.78 is 16.5. The number of carbonyl (C=O) groups excluding carboxylic acids is 2. The molecule has 5 N–H and O–H groups in total. The number of hydrogen-bond donors (Lipinski definition) is 4. The highest BCUT2D eigenvalue weighted by Gasteiger charge is 2.27. The van der Waals surface area contributed by atoms with Crippen LogP contribution in [0.1, 0.15) is 37.9 Å². The minimum atomic E-state index is -0.684. The topological polar surface area (TPSA) is 156 Å². The molecule has 218 valence electrons. The van der Waals surface area contributed by atoms with E-state index in [1.807, 2.05) is 51.1 Å². The molecule has 0 spiro atoms. The third-order valence-electron chi connectivity index (χ3n) is 6.96. The number of anilines is 4. The number of nitrogens with one attached hydrogen (secondary N) is 3. The summed E-state index contributed by atoms with van der Waals surface area (Å²) in [6.07, 6.45) is 3.32. The third-order valence-corrected chi connectivity index (χ3v) is 6.96. The van der Waals surface area contributed by atoms with Crippen LogP contribution in [0.25, 0.3) is 16.6 Å². The van der Waals surface area contributed by atoms with Crippen molar-refractivity contribution in [1.82, 2.24) is 24.7 Å². The fourth-order valence-corrected chi connectivity index (χ4v) is 4.66. The van der Waals surface area contributed by atoms with E-state index < -0.39 is 17.9 Å². The molecule has 0 unspecified atom stereocenters. The molecule has 1 aliphatic heterocycles. The monoisotopic (exact) mass is 580 g/mol. The van der Waals surface area contributed by atoms with Gasteiger partial charge in [-0.25, -0.2) is 28.6 Å². The van der Waals surface area contributed by atoms with E-state index in [0.717, 1.165) is 22.3 Å². The second kappa shape index (κ2) is 10.8. The van der Waals surface area contributed by atoms with Crippen LogP contribution in [0.15, 0.2) is 67.0 Å². The molecule has 13 heteroatoms. The Hall–Kier alpha value is -5.43. The minimum absolute atomic E-state index is 0.109. The molecule has 12 nitrogen and oxygen atoms in total. The standard InChI is InChI=1S/C30H29FN10O2/c1-30(2,3)24-13-26(41(39-24)20-7-9-22-17(11-20)5-4-10-33-22)37-28(42)35-23-12-19(6-8-21(23)31)40-16-18-15-34-25(14-32)36-27(18)38-29(40)43/h4-13,15H,14,16,32H2,1-3H3,(H2,35,37,42)(H,34,36,38,43). The molecular formula is C30H29FN10O2. The highest BCUT2D eigenvalue weighted by atomic mass is 19.1. The second-order valence-corrected chi connectivity index (χ2v) is 11.1. The average molecular weight is 581 g/mol. The Balaban J connectivity index is 1.26. The third kappa shape index (κ3) is 5.57. The van der Waals surface area contributed by atoms with E-state index in [9.17, 15) is 14.0 Å². The molecule has 0 saturated heterocycles. The number of nitrogens with zero attached hydrogens (tertiary/aromatic N) is 6. The van der Waals surface area contributed by atoms with Crippen molar-refractivity contribution in [1.29, 1.82) is 0 Å². The largest absolute Gasteiger partial charge is 0.327 e. The SMILES string of the molecule is CC(C)(C)c1cc(NC(=O)Nc2cc(N3Cc4cnc(CN)nc4NC3=O)ccc2F)n(-c2ccc3ncccc3c2)n1. The molecular weight excluding hydrogens is 551 g/mol. The zero-order valence-corrected chi connectivity index (χ0v) is 23.7. The van der Waals surface area contributed by atoms with Crippen LogP contribution >= 0.6 is 0 Å². The lowest BCUT2D eigenvalue weighted by molar-refractivity contribution is 0.255. The zero-order chi connectivity index (χ0) is 30.3. The van der Waals surface area contributed by atoms with Crippen LogP contribution in [0.5, 0.6) is 0 Å². The Labute approximate surface area is 246 Å². The molecule has 43 heavy (non-hydrogen) atoms. The number of hydrogen-bond acceptors (Lipinski definition) is 7. The van der Waals surface area contributed by atoms with E-state index in [1.165, 1.54) is 23.1 Å². The fourth-order valence-electron chi connectivity index (χ4n) is 4.66. The molecule has 5 aromatic rings. The number of benzene rings is 2. The summed E-state index contributed by atoms with van der Waals surface area (Å²) >= 11 is 0. The molecule has 0 aliphatic carbocycles. The number of rotatable bonds is 5. The Bertz CT molecular complexity index is 1880. The lowest BCUT2D eigenvalue weighted by atomic mass is 9.92. The van der Waals surface area contributed by atoms with Gasteiger partial charge in [0.25, 0.3) is 0 Å². The summed E-state index contributed by atoms with van der Waals surface area (Å²) in [5.41, 5.74) is 8.53. The van der Waals surface area contributed by atoms with Crippen LogP contribution in [0, 0.1) is 5.82 Å². The van der Waals surface area contributed by atoms with Gasteiger partial charge in [0.2, 0.25) is 0 Å². The van der Waals surface area contributed by atoms with E-state index in [2.05, 4.69) is 30.9 Å². The maximum absolute atomic E-state index is 14.9. The molecule has 0 fully saturated rings. The molecule has 3 aromatic heterocycles. The second-order valence-electron chi connectivity index (χ2n) is 11.1. The van der Waals surface area contributed by atoms with E-state index in [0.29, 0.717) is 28.7 Å². The van der Waals surface area contributed by atoms with Crippen molar-refractivity contribution in [2.45, 2.75) is 39.3 Å².